The summed E-state index contributed by atoms with van der Waals surface area (Å²) in [5, 5.41) is 0.313. The van der Waals surface area contributed by atoms with Crippen LogP contribution in [0.4, 0.5) is 0 Å². The number of ether oxygens (including phenoxy) is 2. The first-order chi connectivity index (χ1) is 13.6. The molecule has 0 saturated carbocycles. The molecule has 0 amide bonds. The number of carbonyl (C=O) groups is 1. The third-order valence-corrected chi connectivity index (χ3v) is 3.90. The van der Waals surface area contributed by atoms with E-state index in [2.05, 4.69) is 15.0 Å². The Labute approximate surface area is 164 Å². The maximum absolute atomic E-state index is 12.4. The molecule has 29 heavy (non-hydrogen) atoms. The zero-order chi connectivity index (χ0) is 21.3. The van der Waals surface area contributed by atoms with Crippen molar-refractivity contribution in [1.82, 2.24) is 19.5 Å². The molecule has 3 rings (SSSR count). The quantitative estimate of drug-likeness (QED) is 0.618. The van der Waals surface area contributed by atoms with E-state index in [1.54, 1.807) is 39.0 Å². The minimum Gasteiger partial charge on any atom is -0.497 e. The smallest absolute Gasteiger partial charge is 0.328 e. The lowest BCUT2D eigenvalue weighted by Crippen LogP contribution is -2.35. The predicted molar refractivity (Wildman–Crippen MR) is 105 cm³/mol. The van der Waals surface area contributed by atoms with E-state index in [4.69, 9.17) is 9.47 Å². The van der Waals surface area contributed by atoms with E-state index in [-0.39, 0.29) is 11.4 Å². The van der Waals surface area contributed by atoms with Crippen molar-refractivity contribution < 1.29 is 14.3 Å². The van der Waals surface area contributed by atoms with Crippen LogP contribution in [0.1, 0.15) is 20.8 Å². The van der Waals surface area contributed by atoms with Crippen LogP contribution in [0.2, 0.25) is 0 Å². The summed E-state index contributed by atoms with van der Waals surface area (Å²) in [4.78, 5) is 57.8. The summed E-state index contributed by atoms with van der Waals surface area (Å²) in [5.74, 6) is -0.206. The molecule has 10 nitrogen and oxygen atoms in total. The fourth-order valence-corrected chi connectivity index (χ4v) is 2.68. The lowest BCUT2D eigenvalue weighted by atomic mass is 10.2. The van der Waals surface area contributed by atoms with Crippen molar-refractivity contribution in [3.8, 4) is 17.1 Å². The molecule has 1 aromatic carbocycles. The molecule has 0 aliphatic rings. The van der Waals surface area contributed by atoms with Gasteiger partial charge in [0.25, 0.3) is 11.1 Å². The Morgan fingerprint density at radius 1 is 1.14 bits per heavy atom. The van der Waals surface area contributed by atoms with Crippen LogP contribution in [0, 0.1) is 0 Å². The Bertz CT molecular complexity index is 1260. The van der Waals surface area contributed by atoms with Crippen molar-refractivity contribution in [2.24, 2.45) is 0 Å². The molecule has 0 saturated heterocycles. The molecule has 2 aromatic heterocycles. The maximum atomic E-state index is 12.4. The lowest BCUT2D eigenvalue weighted by molar-refractivity contribution is -0.155. The second-order valence-electron chi connectivity index (χ2n) is 7.31. The highest BCUT2D eigenvalue weighted by Gasteiger charge is 2.18. The molecule has 10 heteroatoms. The van der Waals surface area contributed by atoms with Crippen LogP contribution in [0.15, 0.2) is 38.8 Å². The number of nitrogens with one attached hydrogen (secondary N) is 2. The SMILES string of the molecule is COc1ccc2c(=O)[nH]c(-c3cn(CC(=O)OC(C)(C)C)c(=O)[nH]c3=O)nc2c1. The highest BCUT2D eigenvalue weighted by Crippen LogP contribution is 2.18. The molecular formula is C19H20N4O6. The summed E-state index contributed by atoms with van der Waals surface area (Å²) >= 11 is 0. The molecule has 0 atom stereocenters. The van der Waals surface area contributed by atoms with Crippen molar-refractivity contribution >= 4 is 16.9 Å². The number of hydrogen-bond donors (Lipinski definition) is 2. The highest BCUT2D eigenvalue weighted by molar-refractivity contribution is 5.80. The van der Waals surface area contributed by atoms with Gasteiger partial charge >= 0.3 is 11.7 Å². The van der Waals surface area contributed by atoms with E-state index in [0.29, 0.717) is 16.7 Å². The number of nitrogens with zero attached hydrogens (tertiary/aromatic N) is 2. The van der Waals surface area contributed by atoms with Gasteiger partial charge in [0.15, 0.2) is 0 Å². The van der Waals surface area contributed by atoms with Gasteiger partial charge in [-0.15, -0.1) is 0 Å². The summed E-state index contributed by atoms with van der Waals surface area (Å²) in [7, 11) is 1.48. The Balaban J connectivity index is 2.09. The first-order valence-electron chi connectivity index (χ1n) is 8.71. The van der Waals surface area contributed by atoms with Gasteiger partial charge in [0, 0.05) is 12.3 Å². The van der Waals surface area contributed by atoms with E-state index in [1.165, 1.54) is 7.11 Å². The van der Waals surface area contributed by atoms with E-state index in [9.17, 15) is 19.2 Å². The van der Waals surface area contributed by atoms with E-state index in [0.717, 1.165) is 10.8 Å². The minimum absolute atomic E-state index is 0.0464. The van der Waals surface area contributed by atoms with Crippen LogP contribution in [0.5, 0.6) is 5.75 Å². The monoisotopic (exact) mass is 400 g/mol. The van der Waals surface area contributed by atoms with Crippen molar-refractivity contribution in [2.45, 2.75) is 32.9 Å². The Morgan fingerprint density at radius 2 is 1.86 bits per heavy atom. The molecule has 2 N–H and O–H groups in total. The van der Waals surface area contributed by atoms with E-state index < -0.39 is 34.9 Å². The first-order valence-corrected chi connectivity index (χ1v) is 8.71. The second kappa shape index (κ2) is 7.38. The minimum atomic E-state index is -0.783. The van der Waals surface area contributed by atoms with Gasteiger partial charge in [0.2, 0.25) is 0 Å². The number of esters is 1. The molecular weight excluding hydrogens is 380 g/mol. The van der Waals surface area contributed by atoms with Gasteiger partial charge in [-0.1, -0.05) is 0 Å². The van der Waals surface area contributed by atoms with Gasteiger partial charge in [-0.25, -0.2) is 9.78 Å². The van der Waals surface area contributed by atoms with Crippen molar-refractivity contribution in [1.29, 1.82) is 0 Å². The number of rotatable bonds is 4. The van der Waals surface area contributed by atoms with Crippen molar-refractivity contribution in [3.05, 3.63) is 55.6 Å². The van der Waals surface area contributed by atoms with Crippen molar-refractivity contribution in [2.75, 3.05) is 7.11 Å². The van der Waals surface area contributed by atoms with Gasteiger partial charge in [-0.3, -0.25) is 23.9 Å². The average Bonchev–Trinajstić information content (AvgIpc) is 2.61. The Morgan fingerprint density at radius 3 is 2.52 bits per heavy atom. The molecule has 0 spiro atoms. The van der Waals surface area contributed by atoms with Gasteiger partial charge in [-0.2, -0.15) is 0 Å². The Hall–Kier alpha value is -3.69. The second-order valence-corrected chi connectivity index (χ2v) is 7.31. The van der Waals surface area contributed by atoms with Crippen molar-refractivity contribution in [3.63, 3.8) is 0 Å². The van der Waals surface area contributed by atoms with Crippen LogP contribution in [0.3, 0.4) is 0 Å². The van der Waals surface area contributed by atoms with Crippen LogP contribution in [-0.4, -0.2) is 38.2 Å². The van der Waals surface area contributed by atoms with E-state index >= 15 is 0 Å². The fourth-order valence-electron chi connectivity index (χ4n) is 2.68. The molecule has 0 fully saturated rings. The van der Waals surface area contributed by atoms with Crippen LogP contribution < -0.4 is 21.5 Å². The summed E-state index contributed by atoms with van der Waals surface area (Å²) in [6, 6.07) is 4.73. The highest BCUT2D eigenvalue weighted by atomic mass is 16.6. The number of hydrogen-bond acceptors (Lipinski definition) is 7. The number of methoxy groups -OCH3 is 1. The van der Waals surface area contributed by atoms with Crippen LogP contribution >= 0.6 is 0 Å². The molecule has 0 unspecified atom stereocenters. The number of carbonyl (C=O) groups excluding carboxylic acids is 1. The van der Waals surface area contributed by atoms with Gasteiger partial charge in [0.1, 0.15) is 23.7 Å². The molecule has 0 radical (unpaired) electrons. The largest absolute Gasteiger partial charge is 0.497 e. The average molecular weight is 400 g/mol. The third-order valence-electron chi connectivity index (χ3n) is 3.90. The summed E-state index contributed by atoms with van der Waals surface area (Å²) in [5.41, 5.74) is -2.48. The number of aromatic nitrogens is 4. The fraction of sp³-hybridized carbons (Fsp3) is 0.316. The standard InChI is InChI=1S/C19H20N4O6/c1-19(2,3)29-14(24)9-23-8-12(17(26)22-18(23)27)15-20-13-7-10(28-4)5-6-11(13)16(25)21-15/h5-8H,9H2,1-4H3,(H,20,21,25)(H,22,26,27). The van der Waals surface area contributed by atoms with Crippen LogP contribution in [-0.2, 0) is 16.1 Å². The van der Waals surface area contributed by atoms with Crippen LogP contribution in [0.25, 0.3) is 22.3 Å². The normalized spacial score (nSPS) is 11.4. The first kappa shape index (κ1) is 20.1. The third kappa shape index (κ3) is 4.42. The van der Waals surface area contributed by atoms with Gasteiger partial charge in [0.05, 0.1) is 23.6 Å². The van der Waals surface area contributed by atoms with E-state index in [1.807, 2.05) is 0 Å². The number of H-pyrrole nitrogens is 2. The predicted octanol–water partition coefficient (Wildman–Crippen LogP) is 0.790. The number of aromatic amines is 2. The molecule has 0 aliphatic carbocycles. The summed E-state index contributed by atoms with van der Waals surface area (Å²) < 4.78 is 11.3. The topological polar surface area (TPSA) is 136 Å². The molecule has 0 aliphatic heterocycles. The molecule has 2 heterocycles. The lowest BCUT2D eigenvalue weighted by Gasteiger charge is -2.19. The van der Waals surface area contributed by atoms with Gasteiger partial charge < -0.3 is 14.5 Å². The molecule has 3 aromatic rings. The van der Waals surface area contributed by atoms with Gasteiger partial charge in [-0.05, 0) is 32.9 Å². The number of fused-ring (bicyclic) bond motifs is 1. The number of benzene rings is 1. The zero-order valence-corrected chi connectivity index (χ0v) is 16.4. The zero-order valence-electron chi connectivity index (χ0n) is 16.4. The Kier molecular flexibility index (Phi) is 5.10. The molecule has 0 bridgehead atoms. The molecule has 152 valence electrons. The maximum Gasteiger partial charge on any atom is 0.328 e. The summed E-state index contributed by atoms with van der Waals surface area (Å²) in [6.45, 7) is 4.68. The summed E-state index contributed by atoms with van der Waals surface area (Å²) in [6.07, 6.45) is 1.16.